The van der Waals surface area contributed by atoms with Crippen molar-refractivity contribution in [1.29, 1.82) is 0 Å². The monoisotopic (exact) mass is 178 g/mol. The molecule has 0 amide bonds. The lowest BCUT2D eigenvalue weighted by molar-refractivity contribution is 0.112. The third kappa shape index (κ3) is 1.34. The van der Waals surface area contributed by atoms with E-state index in [9.17, 15) is 4.79 Å². The molecule has 1 aromatic carbocycles. The van der Waals surface area contributed by atoms with E-state index in [1.807, 2.05) is 13.0 Å². The van der Waals surface area contributed by atoms with Crippen LogP contribution in [-0.2, 0) is 0 Å². The van der Waals surface area contributed by atoms with Crippen molar-refractivity contribution in [2.24, 2.45) is 0 Å². The van der Waals surface area contributed by atoms with Gasteiger partial charge < -0.3 is 0 Å². The Labute approximate surface area is 76.2 Å². The molecule has 12 heavy (non-hydrogen) atoms. The van der Waals surface area contributed by atoms with Crippen molar-refractivity contribution in [2.45, 2.75) is 20.8 Å². The van der Waals surface area contributed by atoms with Crippen molar-refractivity contribution in [1.82, 2.24) is 0 Å². The molecule has 0 fully saturated rings. The van der Waals surface area contributed by atoms with E-state index in [1.165, 1.54) is 16.3 Å². The minimum atomic E-state index is 0.838. The first-order valence-corrected chi connectivity index (χ1v) is 5.10. The zero-order valence-electron chi connectivity index (χ0n) is 8.06. The lowest BCUT2D eigenvalue weighted by atomic mass is 10.0. The molecule has 0 aliphatic rings. The SMILES string of the molecule is Cc1cc(C=O)c(C)c(C)c1[SiH3]. The molecule has 0 aliphatic heterocycles. The Balaban J connectivity index is 3.49. The number of benzene rings is 1. The van der Waals surface area contributed by atoms with Gasteiger partial charge in [0.15, 0.2) is 0 Å². The van der Waals surface area contributed by atoms with Crippen molar-refractivity contribution in [3.8, 4) is 0 Å². The Kier molecular flexibility index (Phi) is 2.48. The predicted molar refractivity (Wildman–Crippen MR) is 55.6 cm³/mol. The van der Waals surface area contributed by atoms with Crippen LogP contribution >= 0.6 is 0 Å². The summed E-state index contributed by atoms with van der Waals surface area (Å²) in [4.78, 5) is 10.7. The summed E-state index contributed by atoms with van der Waals surface area (Å²) in [5.74, 6) is 0. The molecule has 1 aromatic rings. The van der Waals surface area contributed by atoms with Crippen LogP contribution in [0.3, 0.4) is 0 Å². The van der Waals surface area contributed by atoms with Crippen LogP contribution in [0.15, 0.2) is 6.07 Å². The third-order valence-electron chi connectivity index (χ3n) is 2.65. The maximum absolute atomic E-state index is 10.7. The molecule has 0 heterocycles. The summed E-state index contributed by atoms with van der Waals surface area (Å²) in [6.45, 7) is 6.18. The number of hydrogen-bond donors (Lipinski definition) is 0. The normalized spacial score (nSPS) is 10.2. The smallest absolute Gasteiger partial charge is 0.150 e. The molecule has 0 saturated heterocycles. The van der Waals surface area contributed by atoms with Crippen LogP contribution in [0, 0.1) is 20.8 Å². The zero-order valence-corrected chi connectivity index (χ0v) is 10.1. The first-order valence-electron chi connectivity index (χ1n) is 4.10. The minimum Gasteiger partial charge on any atom is -0.298 e. The fraction of sp³-hybridized carbons (Fsp3) is 0.300. The molecule has 0 aliphatic carbocycles. The fourth-order valence-corrected chi connectivity index (χ4v) is 1.89. The van der Waals surface area contributed by atoms with Crippen LogP contribution in [0.1, 0.15) is 27.0 Å². The third-order valence-corrected chi connectivity index (χ3v) is 4.19. The fourth-order valence-electron chi connectivity index (χ4n) is 1.37. The molecule has 0 atom stereocenters. The highest BCUT2D eigenvalue weighted by atomic mass is 28.1. The Bertz CT molecular complexity index is 329. The molecule has 0 saturated carbocycles. The Morgan fingerprint density at radius 3 is 2.33 bits per heavy atom. The van der Waals surface area contributed by atoms with Gasteiger partial charge in [0.05, 0.1) is 0 Å². The topological polar surface area (TPSA) is 17.1 Å². The first kappa shape index (κ1) is 9.20. The Morgan fingerprint density at radius 2 is 1.83 bits per heavy atom. The van der Waals surface area contributed by atoms with Gasteiger partial charge in [0.2, 0.25) is 0 Å². The molecular formula is C10H14OSi. The summed E-state index contributed by atoms with van der Waals surface area (Å²) < 4.78 is 0. The van der Waals surface area contributed by atoms with Crippen molar-refractivity contribution in [2.75, 3.05) is 0 Å². The average molecular weight is 178 g/mol. The lowest BCUT2D eigenvalue weighted by Crippen LogP contribution is -2.14. The van der Waals surface area contributed by atoms with Gasteiger partial charge in [0.1, 0.15) is 6.29 Å². The number of carbonyl (C=O) groups excluding carboxylic acids is 1. The molecule has 0 bridgehead atoms. The highest BCUT2D eigenvalue weighted by Gasteiger charge is 2.04. The van der Waals surface area contributed by atoms with Crippen molar-refractivity contribution < 1.29 is 4.79 Å². The maximum atomic E-state index is 10.7. The van der Waals surface area contributed by atoms with Crippen molar-refractivity contribution in [3.63, 3.8) is 0 Å². The van der Waals surface area contributed by atoms with Gasteiger partial charge in [0.25, 0.3) is 0 Å². The van der Waals surface area contributed by atoms with Crippen LogP contribution < -0.4 is 5.19 Å². The van der Waals surface area contributed by atoms with Gasteiger partial charge in [-0.2, -0.15) is 0 Å². The molecule has 0 spiro atoms. The number of hydrogen-bond acceptors (Lipinski definition) is 1. The van der Waals surface area contributed by atoms with Gasteiger partial charge in [-0.05, 0) is 38.0 Å². The standard InChI is InChI=1S/C10H14OSi/c1-6-4-9(5-11)7(2)8(3)10(6)12/h4-5H,1-3,12H3. The zero-order chi connectivity index (χ0) is 9.30. The second-order valence-electron chi connectivity index (χ2n) is 3.28. The lowest BCUT2D eigenvalue weighted by Gasteiger charge is -2.10. The Morgan fingerprint density at radius 1 is 1.25 bits per heavy atom. The second kappa shape index (κ2) is 3.23. The highest BCUT2D eigenvalue weighted by molar-refractivity contribution is 6.34. The summed E-state index contributed by atoms with van der Waals surface area (Å²) in [6.07, 6.45) is 0.941. The van der Waals surface area contributed by atoms with Gasteiger partial charge in [-0.25, -0.2) is 0 Å². The predicted octanol–water partition coefficient (Wildman–Crippen LogP) is 0.415. The van der Waals surface area contributed by atoms with Gasteiger partial charge in [-0.3, -0.25) is 4.79 Å². The molecule has 0 unspecified atom stereocenters. The highest BCUT2D eigenvalue weighted by Crippen LogP contribution is 2.11. The maximum Gasteiger partial charge on any atom is 0.150 e. The summed E-state index contributed by atoms with van der Waals surface area (Å²) in [6, 6.07) is 1.98. The molecule has 64 valence electrons. The van der Waals surface area contributed by atoms with Gasteiger partial charge in [0, 0.05) is 15.8 Å². The molecule has 0 radical (unpaired) electrons. The number of carbonyl (C=O) groups is 1. The van der Waals surface area contributed by atoms with Gasteiger partial charge in [-0.1, -0.05) is 10.8 Å². The van der Waals surface area contributed by atoms with E-state index in [0.717, 1.165) is 27.7 Å². The van der Waals surface area contributed by atoms with E-state index in [1.54, 1.807) is 0 Å². The van der Waals surface area contributed by atoms with Crippen LogP contribution in [0.2, 0.25) is 0 Å². The molecule has 0 aromatic heterocycles. The molecule has 0 N–H and O–H groups in total. The van der Waals surface area contributed by atoms with E-state index in [0.29, 0.717) is 0 Å². The summed E-state index contributed by atoms with van der Waals surface area (Å²) in [5, 5.41) is 1.43. The van der Waals surface area contributed by atoms with E-state index in [2.05, 4.69) is 13.8 Å². The first-order chi connectivity index (χ1) is 5.57. The average Bonchev–Trinajstić information content (AvgIpc) is 2.08. The number of aldehydes is 1. The van der Waals surface area contributed by atoms with Crippen LogP contribution in [0.5, 0.6) is 0 Å². The van der Waals surface area contributed by atoms with Crippen molar-refractivity contribution >= 4 is 21.7 Å². The molecule has 1 rings (SSSR count). The van der Waals surface area contributed by atoms with Crippen LogP contribution in [0.25, 0.3) is 0 Å². The molecule has 1 nitrogen and oxygen atoms in total. The van der Waals surface area contributed by atoms with E-state index in [4.69, 9.17) is 0 Å². The quantitative estimate of drug-likeness (QED) is 0.450. The van der Waals surface area contributed by atoms with E-state index < -0.39 is 0 Å². The van der Waals surface area contributed by atoms with Gasteiger partial charge in [-0.15, -0.1) is 0 Å². The van der Waals surface area contributed by atoms with Crippen molar-refractivity contribution in [3.05, 3.63) is 28.3 Å². The minimum absolute atomic E-state index is 0.838. The Hall–Kier alpha value is -0.893. The summed E-state index contributed by atoms with van der Waals surface area (Å²) in [5.41, 5.74) is 4.53. The largest absolute Gasteiger partial charge is 0.298 e. The molecular weight excluding hydrogens is 164 g/mol. The van der Waals surface area contributed by atoms with E-state index >= 15 is 0 Å². The van der Waals surface area contributed by atoms with Crippen LogP contribution in [0.4, 0.5) is 0 Å². The number of aryl methyl sites for hydroxylation is 1. The van der Waals surface area contributed by atoms with Gasteiger partial charge >= 0.3 is 0 Å². The summed E-state index contributed by atoms with van der Waals surface area (Å²) in [7, 11) is 1.06. The molecule has 2 heteroatoms. The second-order valence-corrected chi connectivity index (χ2v) is 4.28. The van der Waals surface area contributed by atoms with E-state index in [-0.39, 0.29) is 0 Å². The number of rotatable bonds is 1. The summed E-state index contributed by atoms with van der Waals surface area (Å²) >= 11 is 0. The van der Waals surface area contributed by atoms with Crippen LogP contribution in [-0.4, -0.2) is 16.5 Å².